The van der Waals surface area contributed by atoms with Crippen molar-refractivity contribution in [2.45, 2.75) is 29.1 Å². The van der Waals surface area contributed by atoms with E-state index in [-0.39, 0.29) is 17.6 Å². The summed E-state index contributed by atoms with van der Waals surface area (Å²) in [6, 6.07) is 13.8. The standard InChI is InChI=1S/C19H19NO2S/c1-12(19(22)20(2)3)13-8-9-18-15(10-13)16(21)11-14-6-4-5-7-17(14)23-18/h4-10,12H,11H2,1-3H3. The van der Waals surface area contributed by atoms with Crippen LogP contribution >= 0.6 is 11.8 Å². The lowest BCUT2D eigenvalue weighted by Gasteiger charge is -2.18. The van der Waals surface area contributed by atoms with E-state index in [9.17, 15) is 9.59 Å². The highest BCUT2D eigenvalue weighted by Crippen LogP contribution is 2.38. The Balaban J connectivity index is 2.00. The van der Waals surface area contributed by atoms with E-state index in [0.29, 0.717) is 6.42 Å². The summed E-state index contributed by atoms with van der Waals surface area (Å²) in [7, 11) is 3.50. The van der Waals surface area contributed by atoms with Gasteiger partial charge in [0.05, 0.1) is 5.92 Å². The Morgan fingerprint density at radius 2 is 1.87 bits per heavy atom. The summed E-state index contributed by atoms with van der Waals surface area (Å²) in [5.41, 5.74) is 2.68. The first-order valence-corrected chi connectivity index (χ1v) is 8.43. The van der Waals surface area contributed by atoms with Crippen LogP contribution in [0.25, 0.3) is 0 Å². The molecule has 0 fully saturated rings. The van der Waals surface area contributed by atoms with E-state index in [1.165, 1.54) is 0 Å². The monoisotopic (exact) mass is 325 g/mol. The SMILES string of the molecule is CC(C(=O)N(C)C)c1ccc2c(c1)C(=O)Cc1ccccc1S2. The van der Waals surface area contributed by atoms with Gasteiger partial charge in [-0.25, -0.2) is 0 Å². The summed E-state index contributed by atoms with van der Waals surface area (Å²) >= 11 is 1.63. The number of fused-ring (bicyclic) bond motifs is 2. The lowest BCUT2D eigenvalue weighted by molar-refractivity contribution is -0.129. The van der Waals surface area contributed by atoms with Crippen LogP contribution in [0.2, 0.25) is 0 Å². The molecule has 0 aliphatic carbocycles. The third-order valence-corrected chi connectivity index (χ3v) is 5.35. The number of likely N-dealkylation sites (N-methyl/N-ethyl adjacent to an activating group) is 1. The maximum atomic E-state index is 12.6. The fraction of sp³-hybridized carbons (Fsp3) is 0.263. The molecule has 3 rings (SSSR count). The summed E-state index contributed by atoms with van der Waals surface area (Å²) in [4.78, 5) is 28.5. The summed E-state index contributed by atoms with van der Waals surface area (Å²) in [5, 5.41) is 0. The zero-order chi connectivity index (χ0) is 16.6. The molecule has 0 aromatic heterocycles. The molecule has 1 heterocycles. The molecule has 2 aromatic carbocycles. The molecule has 0 spiro atoms. The van der Waals surface area contributed by atoms with E-state index in [2.05, 4.69) is 6.07 Å². The van der Waals surface area contributed by atoms with Gasteiger partial charge in [-0.15, -0.1) is 0 Å². The fourth-order valence-corrected chi connectivity index (χ4v) is 3.86. The molecule has 23 heavy (non-hydrogen) atoms. The number of hydrogen-bond donors (Lipinski definition) is 0. The number of benzene rings is 2. The normalized spacial score (nSPS) is 14.5. The van der Waals surface area contributed by atoms with Gasteiger partial charge in [0, 0.05) is 35.9 Å². The Bertz CT molecular complexity index is 783. The number of carbonyl (C=O) groups excluding carboxylic acids is 2. The van der Waals surface area contributed by atoms with Crippen molar-refractivity contribution in [2.75, 3.05) is 14.1 Å². The second-order valence-corrected chi connectivity index (χ2v) is 7.10. The molecule has 1 aliphatic rings. The molecule has 0 saturated carbocycles. The largest absolute Gasteiger partial charge is 0.348 e. The van der Waals surface area contributed by atoms with E-state index in [1.807, 2.05) is 43.3 Å². The second-order valence-electron chi connectivity index (χ2n) is 6.02. The van der Waals surface area contributed by atoms with Crippen molar-refractivity contribution in [3.63, 3.8) is 0 Å². The zero-order valence-electron chi connectivity index (χ0n) is 13.5. The van der Waals surface area contributed by atoms with Crippen molar-refractivity contribution >= 4 is 23.5 Å². The molecular weight excluding hydrogens is 306 g/mol. The van der Waals surface area contributed by atoms with Gasteiger partial charge in [-0.2, -0.15) is 0 Å². The highest BCUT2D eigenvalue weighted by Gasteiger charge is 2.23. The van der Waals surface area contributed by atoms with Gasteiger partial charge in [0.1, 0.15) is 0 Å². The van der Waals surface area contributed by atoms with E-state index in [1.54, 1.807) is 30.8 Å². The number of hydrogen-bond acceptors (Lipinski definition) is 3. The highest BCUT2D eigenvalue weighted by atomic mass is 32.2. The van der Waals surface area contributed by atoms with Gasteiger partial charge >= 0.3 is 0 Å². The number of ketones is 1. The van der Waals surface area contributed by atoms with Crippen LogP contribution in [0.4, 0.5) is 0 Å². The molecule has 1 amide bonds. The van der Waals surface area contributed by atoms with Crippen LogP contribution < -0.4 is 0 Å². The molecule has 0 saturated heterocycles. The predicted octanol–water partition coefficient (Wildman–Crippen LogP) is 3.77. The lowest BCUT2D eigenvalue weighted by atomic mass is 9.95. The molecule has 1 aliphatic heterocycles. The van der Waals surface area contributed by atoms with Gasteiger partial charge in [-0.3, -0.25) is 9.59 Å². The molecule has 0 N–H and O–H groups in total. The van der Waals surface area contributed by atoms with Crippen LogP contribution in [-0.2, 0) is 11.2 Å². The van der Waals surface area contributed by atoms with Gasteiger partial charge in [-0.1, -0.05) is 36.0 Å². The molecule has 4 heteroatoms. The van der Waals surface area contributed by atoms with Crippen LogP contribution in [0.1, 0.15) is 34.3 Å². The minimum absolute atomic E-state index is 0.0435. The maximum absolute atomic E-state index is 12.6. The summed E-state index contributed by atoms with van der Waals surface area (Å²) in [6.07, 6.45) is 0.412. The molecule has 2 aromatic rings. The maximum Gasteiger partial charge on any atom is 0.229 e. The Morgan fingerprint density at radius 1 is 1.13 bits per heavy atom. The van der Waals surface area contributed by atoms with Crippen LogP contribution in [0, 0.1) is 0 Å². The van der Waals surface area contributed by atoms with E-state index < -0.39 is 0 Å². The number of nitrogens with zero attached hydrogens (tertiary/aromatic N) is 1. The zero-order valence-corrected chi connectivity index (χ0v) is 14.3. The van der Waals surface area contributed by atoms with Crippen LogP contribution in [-0.4, -0.2) is 30.7 Å². The topological polar surface area (TPSA) is 37.4 Å². The average Bonchev–Trinajstić information content (AvgIpc) is 2.68. The Kier molecular flexibility index (Phi) is 4.26. The summed E-state index contributed by atoms with van der Waals surface area (Å²) in [5.74, 6) is -0.0931. The molecule has 3 nitrogen and oxygen atoms in total. The second kappa shape index (κ2) is 6.20. The molecule has 0 bridgehead atoms. The first-order chi connectivity index (χ1) is 11.0. The lowest BCUT2D eigenvalue weighted by Crippen LogP contribution is -2.26. The van der Waals surface area contributed by atoms with E-state index in [0.717, 1.165) is 26.5 Å². The van der Waals surface area contributed by atoms with E-state index in [4.69, 9.17) is 0 Å². The van der Waals surface area contributed by atoms with Crippen molar-refractivity contribution in [1.29, 1.82) is 0 Å². The first kappa shape index (κ1) is 15.8. The molecular formula is C19H19NO2S. The molecule has 1 unspecified atom stereocenters. The van der Waals surface area contributed by atoms with Gasteiger partial charge < -0.3 is 4.90 Å². The third kappa shape index (κ3) is 3.04. The fourth-order valence-electron chi connectivity index (χ4n) is 2.79. The van der Waals surface area contributed by atoms with Crippen molar-refractivity contribution in [2.24, 2.45) is 0 Å². The molecule has 118 valence electrons. The van der Waals surface area contributed by atoms with Gasteiger partial charge in [0.2, 0.25) is 5.91 Å². The van der Waals surface area contributed by atoms with Crippen LogP contribution in [0.15, 0.2) is 52.3 Å². The third-order valence-electron chi connectivity index (χ3n) is 4.16. The minimum atomic E-state index is -0.251. The molecule has 1 atom stereocenters. The van der Waals surface area contributed by atoms with E-state index >= 15 is 0 Å². The quantitative estimate of drug-likeness (QED) is 0.843. The number of Topliss-reactive ketones (excluding diaryl/α,β-unsaturated/α-hetero) is 1. The first-order valence-electron chi connectivity index (χ1n) is 7.61. The Hall–Kier alpha value is -2.07. The number of carbonyl (C=O) groups is 2. The van der Waals surface area contributed by atoms with Crippen molar-refractivity contribution in [3.05, 3.63) is 59.2 Å². The Labute approximate surface area is 140 Å². The van der Waals surface area contributed by atoms with Crippen LogP contribution in [0.5, 0.6) is 0 Å². The van der Waals surface area contributed by atoms with Crippen molar-refractivity contribution in [3.8, 4) is 0 Å². The van der Waals surface area contributed by atoms with Gasteiger partial charge in [0.15, 0.2) is 5.78 Å². The highest BCUT2D eigenvalue weighted by molar-refractivity contribution is 7.99. The number of rotatable bonds is 2. The van der Waals surface area contributed by atoms with Gasteiger partial charge in [0.25, 0.3) is 0 Å². The predicted molar refractivity (Wildman–Crippen MR) is 92.2 cm³/mol. The minimum Gasteiger partial charge on any atom is -0.348 e. The summed E-state index contributed by atoms with van der Waals surface area (Å²) < 4.78 is 0. The Morgan fingerprint density at radius 3 is 2.61 bits per heavy atom. The summed E-state index contributed by atoms with van der Waals surface area (Å²) in [6.45, 7) is 1.88. The van der Waals surface area contributed by atoms with Crippen LogP contribution in [0.3, 0.4) is 0 Å². The number of amides is 1. The van der Waals surface area contributed by atoms with Gasteiger partial charge in [-0.05, 0) is 36.2 Å². The van der Waals surface area contributed by atoms with Crippen molar-refractivity contribution in [1.82, 2.24) is 4.90 Å². The average molecular weight is 325 g/mol. The smallest absolute Gasteiger partial charge is 0.229 e. The van der Waals surface area contributed by atoms with Crippen molar-refractivity contribution < 1.29 is 9.59 Å². The molecule has 0 radical (unpaired) electrons.